The number of piperidine rings is 2. The van der Waals surface area contributed by atoms with Crippen LogP contribution in [0.15, 0.2) is 72.9 Å². The number of aromatic hydroxyl groups is 1. The van der Waals surface area contributed by atoms with Crippen LogP contribution in [0.25, 0.3) is 11.0 Å². The van der Waals surface area contributed by atoms with Gasteiger partial charge in [-0.05, 0) is 93.7 Å². The first-order valence-electron chi connectivity index (χ1n) is 15.2. The van der Waals surface area contributed by atoms with E-state index in [1.807, 2.05) is 4.90 Å². The molecule has 0 saturated carbocycles. The van der Waals surface area contributed by atoms with Gasteiger partial charge in [0.2, 0.25) is 0 Å². The molecule has 0 spiro atoms. The largest absolute Gasteiger partial charge is 0.505 e. The van der Waals surface area contributed by atoms with Crippen molar-refractivity contribution in [3.8, 4) is 5.75 Å². The Bertz CT molecular complexity index is 1530. The van der Waals surface area contributed by atoms with Gasteiger partial charge >= 0.3 is 0 Å². The van der Waals surface area contributed by atoms with E-state index in [2.05, 4.69) is 76.0 Å². The Balaban J connectivity index is 1.07. The normalized spacial score (nSPS) is 24.1. The number of benzene rings is 2. The fraction of sp³-hybridized carbons (Fsp3) is 0.441. The molecule has 3 fully saturated rings. The van der Waals surface area contributed by atoms with E-state index in [9.17, 15) is 9.90 Å². The van der Waals surface area contributed by atoms with Crippen LogP contribution in [0.4, 0.5) is 0 Å². The summed E-state index contributed by atoms with van der Waals surface area (Å²) >= 11 is 0. The molecular weight excluding hydrogens is 510 g/mol. The summed E-state index contributed by atoms with van der Waals surface area (Å²) in [5.41, 5.74) is 3.95. The molecule has 0 radical (unpaired) electrons. The highest BCUT2D eigenvalue weighted by molar-refractivity contribution is 5.94. The van der Waals surface area contributed by atoms with Crippen LogP contribution in [0.1, 0.15) is 72.9 Å². The first kappa shape index (κ1) is 26.2. The van der Waals surface area contributed by atoms with Crippen LogP contribution in [0, 0.1) is 6.92 Å². The third kappa shape index (κ3) is 4.70. The van der Waals surface area contributed by atoms with Gasteiger partial charge in [0.15, 0.2) is 5.69 Å². The quantitative estimate of drug-likeness (QED) is 0.325. The van der Waals surface area contributed by atoms with E-state index in [0.717, 1.165) is 37.1 Å². The average Bonchev–Trinajstić information content (AvgIpc) is 3.47. The molecule has 7 rings (SSSR count). The molecule has 3 atom stereocenters. The molecule has 0 aliphatic carbocycles. The minimum absolute atomic E-state index is 0.0393. The Labute approximate surface area is 241 Å². The number of likely N-dealkylation sites (tertiary alicyclic amines) is 1. The van der Waals surface area contributed by atoms with Gasteiger partial charge in [-0.3, -0.25) is 9.69 Å². The summed E-state index contributed by atoms with van der Waals surface area (Å²) in [6.45, 7) is 4.59. The van der Waals surface area contributed by atoms with Gasteiger partial charge in [-0.15, -0.1) is 0 Å². The highest BCUT2D eigenvalue weighted by Gasteiger charge is 2.44. The van der Waals surface area contributed by atoms with Crippen LogP contribution in [0.2, 0.25) is 0 Å². The highest BCUT2D eigenvalue weighted by atomic mass is 16.3. The third-order valence-electron chi connectivity index (χ3n) is 10.2. The number of carbonyl (C=O) groups is 1. The molecule has 1 amide bonds. The number of para-hydroxylation sites is 2. The number of aryl methyl sites for hydroxylation is 1. The highest BCUT2D eigenvalue weighted by Crippen LogP contribution is 2.45. The van der Waals surface area contributed by atoms with E-state index in [-0.39, 0.29) is 22.8 Å². The number of hydrogen-bond donors (Lipinski definition) is 1. The lowest BCUT2D eigenvalue weighted by Gasteiger charge is -2.45. The van der Waals surface area contributed by atoms with Gasteiger partial charge in [0.25, 0.3) is 5.91 Å². The zero-order valence-electron chi connectivity index (χ0n) is 23.8. The fourth-order valence-corrected chi connectivity index (χ4v) is 8.11. The van der Waals surface area contributed by atoms with Crippen molar-refractivity contribution >= 4 is 16.9 Å². The van der Waals surface area contributed by atoms with E-state index < -0.39 is 0 Å². The second kappa shape index (κ2) is 10.6. The lowest BCUT2D eigenvalue weighted by molar-refractivity contribution is 0.0599. The molecule has 2 aromatic carbocycles. The van der Waals surface area contributed by atoms with E-state index in [4.69, 9.17) is 4.98 Å². The first-order chi connectivity index (χ1) is 20.0. The number of imidazole rings is 1. The molecule has 2 bridgehead atoms. The number of rotatable bonds is 6. The number of aromatic nitrogens is 3. The molecule has 3 aliphatic rings. The number of carbonyl (C=O) groups excluding carboxylic acids is 1. The lowest BCUT2D eigenvalue weighted by Crippen LogP contribution is -2.49. The predicted molar refractivity (Wildman–Crippen MR) is 160 cm³/mol. The SMILES string of the molecule is Cc1nc2ccccc2n1[C@H]1C[C@H]2CC[C@@H](C1)N2CCC1(c2ccccc2)CCN(C(=O)c2ncccc2O)CC1. The minimum atomic E-state index is -0.174. The summed E-state index contributed by atoms with van der Waals surface area (Å²) < 4.78 is 2.51. The van der Waals surface area contributed by atoms with Gasteiger partial charge in [0, 0.05) is 37.4 Å². The smallest absolute Gasteiger partial charge is 0.276 e. The number of fused-ring (bicyclic) bond motifs is 3. The molecule has 3 aliphatic heterocycles. The summed E-state index contributed by atoms with van der Waals surface area (Å²) in [5, 5.41) is 10.2. The fourth-order valence-electron chi connectivity index (χ4n) is 8.11. The molecule has 3 saturated heterocycles. The van der Waals surface area contributed by atoms with Crippen LogP contribution in [0.5, 0.6) is 5.75 Å². The van der Waals surface area contributed by atoms with Crippen LogP contribution >= 0.6 is 0 Å². The molecule has 0 unspecified atom stereocenters. The Hall–Kier alpha value is -3.71. The van der Waals surface area contributed by atoms with Gasteiger partial charge in [-0.2, -0.15) is 0 Å². The molecule has 41 heavy (non-hydrogen) atoms. The van der Waals surface area contributed by atoms with Crippen molar-refractivity contribution in [3.63, 3.8) is 0 Å². The molecule has 4 aromatic rings. The second-order valence-electron chi connectivity index (χ2n) is 12.3. The van der Waals surface area contributed by atoms with Crippen molar-refractivity contribution in [1.29, 1.82) is 0 Å². The van der Waals surface area contributed by atoms with Gasteiger partial charge in [0.05, 0.1) is 11.0 Å². The maximum Gasteiger partial charge on any atom is 0.276 e. The summed E-state index contributed by atoms with van der Waals surface area (Å²) in [4.78, 5) is 26.9. The average molecular weight is 550 g/mol. The van der Waals surface area contributed by atoms with E-state index in [0.29, 0.717) is 31.2 Å². The van der Waals surface area contributed by atoms with Gasteiger partial charge < -0.3 is 14.6 Å². The summed E-state index contributed by atoms with van der Waals surface area (Å²) in [7, 11) is 0. The number of amides is 1. The monoisotopic (exact) mass is 549 g/mol. The maximum atomic E-state index is 13.2. The van der Waals surface area contributed by atoms with Crippen molar-refractivity contribution in [2.45, 2.75) is 75.4 Å². The Morgan fingerprint density at radius 3 is 2.37 bits per heavy atom. The summed E-state index contributed by atoms with van der Waals surface area (Å²) in [5.74, 6) is 0.912. The Kier molecular flexibility index (Phi) is 6.78. The first-order valence-corrected chi connectivity index (χ1v) is 15.2. The Morgan fingerprint density at radius 2 is 1.63 bits per heavy atom. The van der Waals surface area contributed by atoms with Crippen LogP contribution < -0.4 is 0 Å². The lowest BCUT2D eigenvalue weighted by atomic mass is 9.70. The predicted octanol–water partition coefficient (Wildman–Crippen LogP) is 5.88. The van der Waals surface area contributed by atoms with E-state index in [1.54, 1.807) is 12.3 Å². The molecule has 212 valence electrons. The second-order valence-corrected chi connectivity index (χ2v) is 12.3. The minimum Gasteiger partial charge on any atom is -0.505 e. The van der Waals surface area contributed by atoms with E-state index >= 15 is 0 Å². The van der Waals surface area contributed by atoms with Crippen molar-refractivity contribution < 1.29 is 9.90 Å². The van der Waals surface area contributed by atoms with Crippen LogP contribution in [0.3, 0.4) is 0 Å². The number of nitrogens with zero attached hydrogens (tertiary/aromatic N) is 5. The molecular formula is C34H39N5O2. The third-order valence-corrected chi connectivity index (χ3v) is 10.2. The molecule has 7 heteroatoms. The van der Waals surface area contributed by atoms with Crippen molar-refractivity contribution in [1.82, 2.24) is 24.3 Å². The summed E-state index contributed by atoms with van der Waals surface area (Å²) in [6, 6.07) is 24.4. The molecule has 1 N–H and O–H groups in total. The van der Waals surface area contributed by atoms with Crippen molar-refractivity contribution in [2.75, 3.05) is 19.6 Å². The zero-order chi connectivity index (χ0) is 28.0. The topological polar surface area (TPSA) is 74.5 Å². The number of hydrogen-bond acceptors (Lipinski definition) is 5. The van der Waals surface area contributed by atoms with Crippen molar-refractivity contribution in [3.05, 3.63) is 90.0 Å². The zero-order valence-corrected chi connectivity index (χ0v) is 23.8. The van der Waals surface area contributed by atoms with Gasteiger partial charge in [0.1, 0.15) is 11.6 Å². The molecule has 2 aromatic heterocycles. The molecule has 7 nitrogen and oxygen atoms in total. The van der Waals surface area contributed by atoms with E-state index in [1.165, 1.54) is 42.8 Å². The maximum absolute atomic E-state index is 13.2. The standard InChI is InChI=1S/C34H39N5O2/c1-24-36-29-10-5-6-11-30(29)39(24)28-22-26-13-14-27(23-28)38(26)21-17-34(25-8-3-2-4-9-25)15-19-37(20-16-34)33(41)32-31(40)12-7-18-35-32/h2-12,18,26-28,40H,13-17,19-23H2,1H3/t26-,27+,28+. The molecule has 5 heterocycles. The van der Waals surface area contributed by atoms with Gasteiger partial charge in [-0.25, -0.2) is 9.97 Å². The van der Waals surface area contributed by atoms with Crippen molar-refractivity contribution in [2.24, 2.45) is 0 Å². The Morgan fingerprint density at radius 1 is 0.927 bits per heavy atom. The summed E-state index contributed by atoms with van der Waals surface area (Å²) in [6.07, 6.45) is 9.43. The van der Waals surface area contributed by atoms with Crippen LogP contribution in [-0.4, -0.2) is 67.1 Å². The van der Waals surface area contributed by atoms with Crippen LogP contribution in [-0.2, 0) is 5.41 Å². The number of pyridine rings is 1. The van der Waals surface area contributed by atoms with Gasteiger partial charge in [-0.1, -0.05) is 42.5 Å².